The number of fused-ring (bicyclic) bond motifs is 1. The maximum atomic E-state index is 2.36. The number of rotatable bonds is 5. The van der Waals surface area contributed by atoms with Gasteiger partial charge >= 0.3 is 0 Å². The Balaban J connectivity index is 1.81. The van der Waals surface area contributed by atoms with E-state index < -0.39 is 0 Å². The van der Waals surface area contributed by atoms with Gasteiger partial charge in [0.15, 0.2) is 0 Å². The molecule has 22 heavy (non-hydrogen) atoms. The minimum Gasteiger partial charge on any atom is -0.0654 e. The van der Waals surface area contributed by atoms with Crippen molar-refractivity contribution in [2.45, 2.75) is 58.8 Å². The average Bonchev–Trinajstić information content (AvgIpc) is 2.84. The fraction of sp³-hybridized carbons (Fsp3) is 0.455. The van der Waals surface area contributed by atoms with Crippen molar-refractivity contribution in [2.75, 3.05) is 0 Å². The van der Waals surface area contributed by atoms with E-state index in [-0.39, 0.29) is 0 Å². The van der Waals surface area contributed by atoms with E-state index in [2.05, 4.69) is 63.2 Å². The van der Waals surface area contributed by atoms with Crippen molar-refractivity contribution < 1.29 is 0 Å². The Kier molecular flexibility index (Phi) is 4.66. The summed E-state index contributed by atoms with van der Waals surface area (Å²) in [5.41, 5.74) is 7.68. The molecule has 116 valence electrons. The highest BCUT2D eigenvalue weighted by Crippen LogP contribution is 2.44. The van der Waals surface area contributed by atoms with Gasteiger partial charge in [-0.2, -0.15) is 0 Å². The van der Waals surface area contributed by atoms with E-state index in [1.807, 2.05) is 0 Å². The van der Waals surface area contributed by atoms with Gasteiger partial charge in [0.2, 0.25) is 0 Å². The van der Waals surface area contributed by atoms with Crippen LogP contribution in [0.4, 0.5) is 0 Å². The maximum Gasteiger partial charge on any atom is -0.0122 e. The van der Waals surface area contributed by atoms with Crippen LogP contribution in [0.25, 0.3) is 0 Å². The molecular weight excluding hydrogens is 264 g/mol. The quantitative estimate of drug-likeness (QED) is 0.634. The summed E-state index contributed by atoms with van der Waals surface area (Å²) in [6, 6.07) is 15.9. The monoisotopic (exact) mass is 292 g/mol. The highest BCUT2D eigenvalue weighted by atomic mass is 14.4. The van der Waals surface area contributed by atoms with E-state index in [9.17, 15) is 0 Å². The van der Waals surface area contributed by atoms with Crippen molar-refractivity contribution in [3.05, 3.63) is 70.3 Å². The third-order valence-electron chi connectivity index (χ3n) is 5.32. The first kappa shape index (κ1) is 15.3. The molecule has 0 nitrogen and oxygen atoms in total. The third kappa shape index (κ3) is 3.11. The molecule has 0 aliphatic heterocycles. The first-order valence-corrected chi connectivity index (χ1v) is 8.83. The van der Waals surface area contributed by atoms with Crippen molar-refractivity contribution in [1.82, 2.24) is 0 Å². The fourth-order valence-corrected chi connectivity index (χ4v) is 4.35. The van der Waals surface area contributed by atoms with Crippen LogP contribution >= 0.6 is 0 Å². The molecule has 1 aliphatic rings. The number of aryl methyl sites for hydroxylation is 3. The molecule has 0 N–H and O–H groups in total. The molecule has 2 atom stereocenters. The number of hydrogen-bond acceptors (Lipinski definition) is 0. The molecule has 0 fully saturated rings. The molecule has 0 saturated carbocycles. The second kappa shape index (κ2) is 6.69. The molecule has 0 bridgehead atoms. The molecule has 0 amide bonds. The molecule has 2 unspecified atom stereocenters. The molecule has 2 aromatic rings. The molecule has 3 rings (SSSR count). The van der Waals surface area contributed by atoms with Gasteiger partial charge in [-0.1, -0.05) is 61.4 Å². The van der Waals surface area contributed by atoms with Gasteiger partial charge in [0.1, 0.15) is 0 Å². The highest BCUT2D eigenvalue weighted by Gasteiger charge is 2.32. The van der Waals surface area contributed by atoms with Crippen LogP contribution < -0.4 is 0 Å². The summed E-state index contributed by atoms with van der Waals surface area (Å²) >= 11 is 0. The second-order valence-corrected chi connectivity index (χ2v) is 7.03. The van der Waals surface area contributed by atoms with Gasteiger partial charge in [-0.15, -0.1) is 0 Å². The van der Waals surface area contributed by atoms with E-state index in [0.717, 1.165) is 11.8 Å². The lowest BCUT2D eigenvalue weighted by molar-refractivity contribution is 0.402. The summed E-state index contributed by atoms with van der Waals surface area (Å²) in [5.74, 6) is 1.61. The fourth-order valence-electron chi connectivity index (χ4n) is 4.35. The first-order chi connectivity index (χ1) is 10.7. The van der Waals surface area contributed by atoms with Crippen molar-refractivity contribution in [2.24, 2.45) is 5.92 Å². The van der Waals surface area contributed by atoms with Crippen molar-refractivity contribution in [3.63, 3.8) is 0 Å². The zero-order chi connectivity index (χ0) is 15.5. The first-order valence-electron chi connectivity index (χ1n) is 8.83. The summed E-state index contributed by atoms with van der Waals surface area (Å²) in [6.45, 7) is 6.82. The average molecular weight is 292 g/mol. The molecule has 0 heteroatoms. The SMILES string of the molecule is CCCC1Cc2cccc(C)c2C1CCc1cccc(C)c1. The highest BCUT2D eigenvalue weighted by molar-refractivity contribution is 5.42. The van der Waals surface area contributed by atoms with Crippen molar-refractivity contribution in [1.29, 1.82) is 0 Å². The Morgan fingerprint density at radius 3 is 2.59 bits per heavy atom. The Morgan fingerprint density at radius 1 is 1.00 bits per heavy atom. The summed E-state index contributed by atoms with van der Waals surface area (Å²) in [7, 11) is 0. The molecular formula is C22H28. The van der Waals surface area contributed by atoms with Gasteiger partial charge in [-0.25, -0.2) is 0 Å². The van der Waals surface area contributed by atoms with Crippen LogP contribution in [0.5, 0.6) is 0 Å². The van der Waals surface area contributed by atoms with E-state index >= 15 is 0 Å². The molecule has 1 aliphatic carbocycles. The molecule has 0 heterocycles. The number of benzene rings is 2. The predicted molar refractivity (Wildman–Crippen MR) is 95.5 cm³/mol. The largest absolute Gasteiger partial charge is 0.0654 e. The summed E-state index contributed by atoms with van der Waals surface area (Å²) in [5, 5.41) is 0. The van der Waals surface area contributed by atoms with Crippen molar-refractivity contribution >= 4 is 0 Å². The van der Waals surface area contributed by atoms with Crippen LogP contribution in [-0.2, 0) is 12.8 Å². The second-order valence-electron chi connectivity index (χ2n) is 7.03. The number of hydrogen-bond donors (Lipinski definition) is 0. The normalized spacial score (nSPS) is 20.1. The van der Waals surface area contributed by atoms with Gasteiger partial charge in [0, 0.05) is 0 Å². The zero-order valence-electron chi connectivity index (χ0n) is 14.2. The Hall–Kier alpha value is -1.56. The van der Waals surface area contributed by atoms with Gasteiger partial charge < -0.3 is 0 Å². The molecule has 0 saturated heterocycles. The minimum atomic E-state index is 0.761. The Labute approximate surface area is 135 Å². The van der Waals surface area contributed by atoms with Crippen LogP contribution in [0.2, 0.25) is 0 Å². The lowest BCUT2D eigenvalue weighted by atomic mass is 9.83. The lowest BCUT2D eigenvalue weighted by Gasteiger charge is -2.21. The van der Waals surface area contributed by atoms with Gasteiger partial charge in [0.25, 0.3) is 0 Å². The summed E-state index contributed by atoms with van der Waals surface area (Å²) in [6.07, 6.45) is 6.47. The van der Waals surface area contributed by atoms with Gasteiger partial charge in [-0.3, -0.25) is 0 Å². The van der Waals surface area contributed by atoms with E-state index in [0.29, 0.717) is 0 Å². The van der Waals surface area contributed by atoms with Crippen LogP contribution in [0.15, 0.2) is 42.5 Å². The van der Waals surface area contributed by atoms with E-state index in [4.69, 9.17) is 0 Å². The lowest BCUT2D eigenvalue weighted by Crippen LogP contribution is -2.10. The zero-order valence-corrected chi connectivity index (χ0v) is 14.2. The van der Waals surface area contributed by atoms with Crippen LogP contribution in [0.1, 0.15) is 59.9 Å². The molecule has 0 radical (unpaired) electrons. The van der Waals surface area contributed by atoms with Crippen LogP contribution in [0, 0.1) is 19.8 Å². The standard InChI is InChI=1S/C22H28/c1-4-7-19-15-20-11-6-9-17(3)22(20)21(19)13-12-18-10-5-8-16(2)14-18/h5-6,8-11,14,19,21H,4,7,12-13,15H2,1-3H3. The summed E-state index contributed by atoms with van der Waals surface area (Å²) in [4.78, 5) is 0. The van der Waals surface area contributed by atoms with Crippen molar-refractivity contribution in [3.8, 4) is 0 Å². The summed E-state index contributed by atoms with van der Waals surface area (Å²) < 4.78 is 0. The van der Waals surface area contributed by atoms with E-state index in [1.165, 1.54) is 48.8 Å². The smallest absolute Gasteiger partial charge is 0.0122 e. The maximum absolute atomic E-state index is 2.36. The predicted octanol–water partition coefficient (Wildman–Crippen LogP) is 5.99. The van der Waals surface area contributed by atoms with E-state index in [1.54, 1.807) is 11.1 Å². The molecule has 0 spiro atoms. The van der Waals surface area contributed by atoms with Gasteiger partial charge in [0.05, 0.1) is 0 Å². The van der Waals surface area contributed by atoms with Gasteiger partial charge in [-0.05, 0) is 73.6 Å². The van der Waals surface area contributed by atoms with Crippen LogP contribution in [-0.4, -0.2) is 0 Å². The third-order valence-corrected chi connectivity index (χ3v) is 5.32. The minimum absolute atomic E-state index is 0.761. The van der Waals surface area contributed by atoms with Crippen LogP contribution in [0.3, 0.4) is 0 Å². The molecule has 2 aromatic carbocycles. The molecule has 0 aromatic heterocycles. The Bertz CT molecular complexity index is 638. The topological polar surface area (TPSA) is 0 Å². The Morgan fingerprint density at radius 2 is 1.82 bits per heavy atom.